The topological polar surface area (TPSA) is 38.7 Å². The second-order valence-corrected chi connectivity index (χ2v) is 4.84. The van der Waals surface area contributed by atoms with Crippen molar-refractivity contribution >= 4 is 6.08 Å². The van der Waals surface area contributed by atoms with E-state index < -0.39 is 53.5 Å². The summed E-state index contributed by atoms with van der Waals surface area (Å²) in [6.07, 6.45) is -14.0. The van der Waals surface area contributed by atoms with Gasteiger partial charge in [0.2, 0.25) is 11.6 Å². The number of halogens is 14. The van der Waals surface area contributed by atoms with Gasteiger partial charge in [-0.15, -0.1) is 0 Å². The van der Waals surface area contributed by atoms with Crippen LogP contribution in [0.5, 0.6) is 0 Å². The van der Waals surface area contributed by atoms with Gasteiger partial charge in [0.05, 0.1) is 0 Å². The lowest BCUT2D eigenvalue weighted by Crippen LogP contribution is -2.52. The van der Waals surface area contributed by atoms with Crippen LogP contribution in [-0.4, -0.2) is 39.1 Å². The second kappa shape index (κ2) is 6.40. The third-order valence-corrected chi connectivity index (χ3v) is 2.90. The summed E-state index contributed by atoms with van der Waals surface area (Å²) in [4.78, 5) is 6.12. The first kappa shape index (κ1) is 23.8. The van der Waals surface area contributed by atoms with Crippen LogP contribution in [0.3, 0.4) is 0 Å². The summed E-state index contributed by atoms with van der Waals surface area (Å²) >= 11 is 0. The smallest absolute Gasteiger partial charge is 0.207 e. The van der Waals surface area contributed by atoms with Crippen LogP contribution < -0.4 is 0 Å². The van der Waals surface area contributed by atoms with Crippen molar-refractivity contribution in [1.29, 1.82) is 0 Å². The first-order valence-corrected chi connectivity index (χ1v) is 6.18. The van der Waals surface area contributed by atoms with Crippen LogP contribution in [0.15, 0.2) is 6.58 Å². The molecule has 0 aliphatic carbocycles. The molecule has 0 aromatic carbocycles. The Balaban J connectivity index is 3.77. The van der Waals surface area contributed by atoms with E-state index in [1.165, 1.54) is 0 Å². The molecule has 0 saturated heterocycles. The van der Waals surface area contributed by atoms with Crippen LogP contribution in [0.25, 0.3) is 6.08 Å². The van der Waals surface area contributed by atoms with Crippen molar-refractivity contribution in [2.24, 2.45) is 0 Å². The molecule has 0 spiro atoms. The average Bonchev–Trinajstić information content (AvgIpc) is 2.51. The Kier molecular flexibility index (Phi) is 5.44. The van der Waals surface area contributed by atoms with E-state index in [-0.39, 0.29) is 6.08 Å². The molecule has 0 bridgehead atoms. The summed E-state index contributed by atoms with van der Waals surface area (Å²) in [5, 5.41) is 0. The van der Waals surface area contributed by atoms with Crippen molar-refractivity contribution in [3.8, 4) is 0 Å². The molecular formula is C11H3F14N3. The lowest BCUT2D eigenvalue weighted by molar-refractivity contribution is -0.364. The zero-order valence-electron chi connectivity index (χ0n) is 12.4. The first-order valence-electron chi connectivity index (χ1n) is 6.18. The number of hydrogen-bond acceptors (Lipinski definition) is 3. The number of alkyl halides is 14. The maximum Gasteiger partial charge on any atom is 0.460 e. The van der Waals surface area contributed by atoms with E-state index >= 15 is 0 Å². The Bertz CT molecular complexity index is 692. The molecule has 28 heavy (non-hydrogen) atoms. The highest BCUT2D eigenvalue weighted by molar-refractivity contribution is 5.36. The SMILES string of the molecule is C=Cc1nc(C(F)(F)C(F)(F)C(F)(F)F)nc(C(F)(F)C(F)(F)C(F)(F)F)n1. The number of rotatable bonds is 5. The van der Waals surface area contributed by atoms with Gasteiger partial charge in [0.25, 0.3) is 0 Å². The summed E-state index contributed by atoms with van der Waals surface area (Å²) in [7, 11) is 0. The molecule has 3 nitrogen and oxygen atoms in total. The van der Waals surface area contributed by atoms with Gasteiger partial charge in [-0.1, -0.05) is 6.58 Å². The molecule has 0 fully saturated rings. The summed E-state index contributed by atoms with van der Waals surface area (Å²) in [5.41, 5.74) is 0. The van der Waals surface area contributed by atoms with E-state index in [1.54, 1.807) is 4.98 Å². The largest absolute Gasteiger partial charge is 0.460 e. The van der Waals surface area contributed by atoms with E-state index in [2.05, 4.69) is 16.5 Å². The minimum absolute atomic E-state index is 0.0261. The Labute approximate surface area is 144 Å². The number of nitrogens with zero attached hydrogens (tertiary/aromatic N) is 3. The molecule has 0 amide bonds. The van der Waals surface area contributed by atoms with Crippen molar-refractivity contribution in [2.75, 3.05) is 0 Å². The molecule has 160 valence electrons. The molecule has 0 aliphatic heterocycles. The Morgan fingerprint density at radius 2 is 0.821 bits per heavy atom. The minimum Gasteiger partial charge on any atom is -0.207 e. The molecule has 1 aromatic heterocycles. The van der Waals surface area contributed by atoms with Gasteiger partial charge in [0.15, 0.2) is 5.82 Å². The van der Waals surface area contributed by atoms with Crippen LogP contribution in [0, 0.1) is 0 Å². The van der Waals surface area contributed by atoms with Crippen molar-refractivity contribution in [3.63, 3.8) is 0 Å². The monoisotopic (exact) mass is 443 g/mol. The fourth-order valence-corrected chi connectivity index (χ4v) is 1.40. The number of hydrogen-bond donors (Lipinski definition) is 0. The van der Waals surface area contributed by atoms with Crippen LogP contribution in [0.1, 0.15) is 17.5 Å². The lowest BCUT2D eigenvalue weighted by atomic mass is 10.1. The quantitative estimate of drug-likeness (QED) is 0.596. The normalized spacial score (nSPS) is 14.9. The second-order valence-electron chi connectivity index (χ2n) is 4.84. The average molecular weight is 443 g/mol. The molecule has 0 unspecified atom stereocenters. The molecule has 0 aliphatic rings. The molecule has 0 radical (unpaired) electrons. The summed E-state index contributed by atoms with van der Waals surface area (Å²) in [6, 6.07) is 0. The van der Waals surface area contributed by atoms with Gasteiger partial charge in [0, 0.05) is 0 Å². The lowest BCUT2D eigenvalue weighted by Gasteiger charge is -2.29. The van der Waals surface area contributed by atoms with E-state index in [0.717, 1.165) is 0 Å². The van der Waals surface area contributed by atoms with Crippen LogP contribution >= 0.6 is 0 Å². The third kappa shape index (κ3) is 3.45. The molecule has 0 N–H and O–H groups in total. The van der Waals surface area contributed by atoms with E-state index in [4.69, 9.17) is 0 Å². The van der Waals surface area contributed by atoms with Crippen molar-refractivity contribution in [2.45, 2.75) is 36.0 Å². The van der Waals surface area contributed by atoms with Crippen LogP contribution in [0.4, 0.5) is 61.5 Å². The van der Waals surface area contributed by atoms with Crippen molar-refractivity contribution in [3.05, 3.63) is 24.1 Å². The third-order valence-electron chi connectivity index (χ3n) is 2.90. The van der Waals surface area contributed by atoms with Gasteiger partial charge < -0.3 is 0 Å². The molecule has 17 heteroatoms. The first-order chi connectivity index (χ1) is 12.1. The van der Waals surface area contributed by atoms with Gasteiger partial charge in [-0.3, -0.25) is 0 Å². The fourth-order valence-electron chi connectivity index (χ4n) is 1.40. The highest BCUT2D eigenvalue weighted by atomic mass is 19.4. The predicted octanol–water partition coefficient (Wildman–Crippen LogP) is 5.09. The Morgan fingerprint density at radius 1 is 0.536 bits per heavy atom. The zero-order chi connectivity index (χ0) is 22.6. The van der Waals surface area contributed by atoms with Crippen molar-refractivity contribution in [1.82, 2.24) is 15.0 Å². The van der Waals surface area contributed by atoms with Gasteiger partial charge in [-0.05, 0) is 6.08 Å². The maximum atomic E-state index is 13.5. The Hall–Kier alpha value is -2.23. The molecule has 1 aromatic rings. The standard InChI is InChI=1S/C11H3F14N3/c1-2-3-26-4(6(12,13)8(16,17)10(20,21)22)28-5(27-3)7(14,15)9(18,19)11(23,24)25/h2H,1H2. The molecule has 0 atom stereocenters. The Morgan fingerprint density at radius 3 is 1.04 bits per heavy atom. The highest BCUT2D eigenvalue weighted by Gasteiger charge is 2.77. The van der Waals surface area contributed by atoms with Crippen LogP contribution in [0.2, 0.25) is 0 Å². The van der Waals surface area contributed by atoms with Gasteiger partial charge in [-0.25, -0.2) is 15.0 Å². The number of aromatic nitrogens is 3. The highest BCUT2D eigenvalue weighted by Crippen LogP contribution is 2.53. The molecule has 1 rings (SSSR count). The van der Waals surface area contributed by atoms with Gasteiger partial charge >= 0.3 is 36.0 Å². The van der Waals surface area contributed by atoms with Gasteiger partial charge in [-0.2, -0.15) is 61.5 Å². The minimum atomic E-state index is -7.01. The van der Waals surface area contributed by atoms with E-state index in [9.17, 15) is 61.5 Å². The van der Waals surface area contributed by atoms with Gasteiger partial charge in [0.1, 0.15) is 0 Å². The fraction of sp³-hybridized carbons (Fsp3) is 0.545. The van der Waals surface area contributed by atoms with E-state index in [1.807, 2.05) is 0 Å². The predicted molar refractivity (Wildman–Crippen MR) is 59.7 cm³/mol. The molecule has 0 saturated carbocycles. The van der Waals surface area contributed by atoms with E-state index in [0.29, 0.717) is 0 Å². The maximum absolute atomic E-state index is 13.5. The zero-order valence-corrected chi connectivity index (χ0v) is 12.4. The molecule has 1 heterocycles. The summed E-state index contributed by atoms with van der Waals surface area (Å²) in [6.45, 7) is 2.64. The van der Waals surface area contributed by atoms with Crippen molar-refractivity contribution < 1.29 is 61.5 Å². The molecular weight excluding hydrogens is 440 g/mol. The van der Waals surface area contributed by atoms with Crippen LogP contribution in [-0.2, 0) is 11.8 Å². The summed E-state index contributed by atoms with van der Waals surface area (Å²) < 4.78 is 179. The summed E-state index contributed by atoms with van der Waals surface area (Å²) in [5.74, 6) is -35.1.